The number of carbonyl (C=O) groups excluding carboxylic acids is 2. The zero-order valence-electron chi connectivity index (χ0n) is 19.7. The smallest absolute Gasteiger partial charge is 0.294 e. The normalized spacial score (nSPS) is 14.4. The minimum absolute atomic E-state index is 0.103. The predicted molar refractivity (Wildman–Crippen MR) is 129 cm³/mol. The molecule has 0 saturated heterocycles. The lowest BCUT2D eigenvalue weighted by molar-refractivity contribution is -0.123. The molecule has 1 atom stereocenters. The van der Waals surface area contributed by atoms with Crippen molar-refractivity contribution in [2.75, 3.05) is 19.1 Å². The van der Waals surface area contributed by atoms with Gasteiger partial charge in [-0.3, -0.25) is 14.5 Å². The molecule has 2 aromatic carbocycles. The van der Waals surface area contributed by atoms with Crippen LogP contribution < -0.4 is 19.7 Å². The van der Waals surface area contributed by atoms with Crippen molar-refractivity contribution in [2.24, 2.45) is 0 Å². The van der Waals surface area contributed by atoms with E-state index in [9.17, 15) is 9.59 Å². The van der Waals surface area contributed by atoms with Gasteiger partial charge in [-0.05, 0) is 49.6 Å². The molecule has 0 spiro atoms. The lowest BCUT2D eigenvalue weighted by atomic mass is 10.0. The molecule has 1 saturated carbocycles. The molecule has 1 aromatic heterocycles. The highest BCUT2D eigenvalue weighted by molar-refractivity contribution is 6.08. The zero-order valence-corrected chi connectivity index (χ0v) is 19.7. The molecule has 0 bridgehead atoms. The maximum atomic E-state index is 13.8. The summed E-state index contributed by atoms with van der Waals surface area (Å²) in [4.78, 5) is 29.0. The average molecular weight is 463 g/mol. The van der Waals surface area contributed by atoms with Crippen LogP contribution in [-0.2, 0) is 4.79 Å². The molecule has 178 valence electrons. The van der Waals surface area contributed by atoms with Crippen molar-refractivity contribution in [2.45, 2.75) is 44.7 Å². The van der Waals surface area contributed by atoms with Crippen LogP contribution in [0.3, 0.4) is 0 Å². The van der Waals surface area contributed by atoms with Gasteiger partial charge >= 0.3 is 0 Å². The first kappa shape index (κ1) is 23.4. The van der Waals surface area contributed by atoms with Crippen molar-refractivity contribution in [1.29, 1.82) is 0 Å². The number of benzene rings is 2. The molecule has 3 aromatic rings. The molecule has 1 aliphatic carbocycles. The van der Waals surface area contributed by atoms with Gasteiger partial charge in [0.05, 0.1) is 20.5 Å². The van der Waals surface area contributed by atoms with Gasteiger partial charge in [-0.1, -0.05) is 42.7 Å². The summed E-state index contributed by atoms with van der Waals surface area (Å²) in [5.41, 5.74) is 2.26. The summed E-state index contributed by atoms with van der Waals surface area (Å²) >= 11 is 0. The standard InChI is InChI=1S/C27H30N2O5/c1-18-10-12-19(13-11-18)25(26(30)28-20-7-4-5-8-20)29(27(31)23-9-6-16-34-23)21-14-15-22(32-2)24(17-21)33-3/h6,9-17,20,25H,4-5,7-8H2,1-3H3,(H,28,30)/t25-/m1/s1. The van der Waals surface area contributed by atoms with Crippen LogP contribution in [0.15, 0.2) is 65.3 Å². The van der Waals surface area contributed by atoms with E-state index >= 15 is 0 Å². The lowest BCUT2D eigenvalue weighted by Gasteiger charge is -2.32. The Bertz CT molecular complexity index is 1120. The van der Waals surface area contributed by atoms with Crippen LogP contribution in [0.1, 0.15) is 53.4 Å². The van der Waals surface area contributed by atoms with E-state index < -0.39 is 11.9 Å². The zero-order chi connectivity index (χ0) is 24.1. The molecule has 0 unspecified atom stereocenters. The second kappa shape index (κ2) is 10.5. The van der Waals surface area contributed by atoms with Gasteiger partial charge in [-0.15, -0.1) is 0 Å². The van der Waals surface area contributed by atoms with Crippen LogP contribution in [0.2, 0.25) is 0 Å². The second-order valence-electron chi connectivity index (χ2n) is 8.49. The Balaban J connectivity index is 1.84. The maximum Gasteiger partial charge on any atom is 0.294 e. The molecule has 4 rings (SSSR count). The number of carbonyl (C=O) groups is 2. The van der Waals surface area contributed by atoms with E-state index in [-0.39, 0.29) is 17.7 Å². The fourth-order valence-electron chi connectivity index (χ4n) is 4.39. The maximum absolute atomic E-state index is 13.8. The minimum atomic E-state index is -0.906. The highest BCUT2D eigenvalue weighted by Gasteiger charge is 2.36. The molecular formula is C27H30N2O5. The number of nitrogens with one attached hydrogen (secondary N) is 1. The van der Waals surface area contributed by atoms with Gasteiger partial charge in [0, 0.05) is 17.8 Å². The van der Waals surface area contributed by atoms with E-state index in [4.69, 9.17) is 13.9 Å². The Kier molecular flexibility index (Phi) is 7.21. The summed E-state index contributed by atoms with van der Waals surface area (Å²) in [6.07, 6.45) is 5.50. The number of hydrogen-bond donors (Lipinski definition) is 1. The molecule has 1 aliphatic rings. The summed E-state index contributed by atoms with van der Waals surface area (Å²) in [6, 6.07) is 15.3. The Labute approximate surface area is 199 Å². The number of furan rings is 1. The van der Waals surface area contributed by atoms with E-state index in [1.165, 1.54) is 18.3 Å². The number of rotatable bonds is 8. The second-order valence-corrected chi connectivity index (χ2v) is 8.49. The van der Waals surface area contributed by atoms with Crippen LogP contribution in [0.5, 0.6) is 11.5 Å². The van der Waals surface area contributed by atoms with E-state index in [2.05, 4.69) is 5.32 Å². The Morgan fingerprint density at radius 3 is 2.32 bits per heavy atom. The highest BCUT2D eigenvalue weighted by atomic mass is 16.5. The molecule has 7 nitrogen and oxygen atoms in total. The number of hydrogen-bond acceptors (Lipinski definition) is 5. The molecule has 34 heavy (non-hydrogen) atoms. The number of anilines is 1. The van der Waals surface area contributed by atoms with Gasteiger partial charge in [0.2, 0.25) is 5.91 Å². The number of nitrogens with zero attached hydrogens (tertiary/aromatic N) is 1. The first-order chi connectivity index (χ1) is 16.5. The first-order valence-electron chi connectivity index (χ1n) is 11.5. The molecule has 0 aliphatic heterocycles. The molecule has 0 radical (unpaired) electrons. The molecule has 1 fully saturated rings. The summed E-state index contributed by atoms with van der Waals surface area (Å²) < 4.78 is 16.3. The van der Waals surface area contributed by atoms with E-state index in [1.54, 1.807) is 37.4 Å². The van der Waals surface area contributed by atoms with Crippen LogP contribution in [0, 0.1) is 6.92 Å². The fourth-order valence-corrected chi connectivity index (χ4v) is 4.39. The van der Waals surface area contributed by atoms with Crippen molar-refractivity contribution >= 4 is 17.5 Å². The molecule has 1 heterocycles. The van der Waals surface area contributed by atoms with Crippen LogP contribution in [0.25, 0.3) is 0 Å². The monoisotopic (exact) mass is 462 g/mol. The summed E-state index contributed by atoms with van der Waals surface area (Å²) in [7, 11) is 3.08. The topological polar surface area (TPSA) is 81.0 Å². The van der Waals surface area contributed by atoms with Crippen LogP contribution in [-0.4, -0.2) is 32.1 Å². The molecular weight excluding hydrogens is 432 g/mol. The minimum Gasteiger partial charge on any atom is -0.493 e. The van der Waals surface area contributed by atoms with E-state index in [0.29, 0.717) is 22.7 Å². The SMILES string of the molecule is COc1ccc(N(C(=O)c2ccco2)[C@@H](C(=O)NC2CCCC2)c2ccc(C)cc2)cc1OC. The average Bonchev–Trinajstić information content (AvgIpc) is 3.57. The van der Waals surface area contributed by atoms with Crippen molar-refractivity contribution < 1.29 is 23.5 Å². The van der Waals surface area contributed by atoms with Crippen LogP contribution >= 0.6 is 0 Å². The van der Waals surface area contributed by atoms with Gasteiger partial charge < -0.3 is 19.2 Å². The molecule has 7 heteroatoms. The van der Waals surface area contributed by atoms with Gasteiger partial charge in [-0.25, -0.2) is 0 Å². The van der Waals surface area contributed by atoms with Gasteiger partial charge in [0.1, 0.15) is 6.04 Å². The quantitative estimate of drug-likeness (QED) is 0.507. The fraction of sp³-hybridized carbons (Fsp3) is 0.333. The largest absolute Gasteiger partial charge is 0.493 e. The third-order valence-electron chi connectivity index (χ3n) is 6.20. The first-order valence-corrected chi connectivity index (χ1v) is 11.5. The predicted octanol–water partition coefficient (Wildman–Crippen LogP) is 5.05. The van der Waals surface area contributed by atoms with Gasteiger partial charge in [0.25, 0.3) is 5.91 Å². The number of ether oxygens (including phenoxy) is 2. The molecule has 1 N–H and O–H groups in total. The highest BCUT2D eigenvalue weighted by Crippen LogP contribution is 2.36. The summed E-state index contributed by atoms with van der Waals surface area (Å²) in [5, 5.41) is 3.17. The van der Waals surface area contributed by atoms with Crippen molar-refractivity contribution in [3.63, 3.8) is 0 Å². The third-order valence-corrected chi connectivity index (χ3v) is 6.20. The number of methoxy groups -OCH3 is 2. The van der Waals surface area contributed by atoms with Gasteiger partial charge in [-0.2, -0.15) is 0 Å². The third kappa shape index (κ3) is 4.93. The number of amides is 2. The Morgan fingerprint density at radius 2 is 1.71 bits per heavy atom. The van der Waals surface area contributed by atoms with Crippen LogP contribution in [0.4, 0.5) is 5.69 Å². The lowest BCUT2D eigenvalue weighted by Crippen LogP contribution is -2.46. The van der Waals surface area contributed by atoms with Gasteiger partial charge in [0.15, 0.2) is 17.3 Å². The van der Waals surface area contributed by atoms with Crippen molar-refractivity contribution in [3.05, 3.63) is 77.7 Å². The van der Waals surface area contributed by atoms with E-state index in [1.807, 2.05) is 31.2 Å². The van der Waals surface area contributed by atoms with Crippen molar-refractivity contribution in [3.8, 4) is 11.5 Å². The molecule has 2 amide bonds. The Hall–Kier alpha value is -3.74. The number of aryl methyl sites for hydroxylation is 1. The summed E-state index contributed by atoms with van der Waals surface area (Å²) in [5.74, 6) is 0.463. The van der Waals surface area contributed by atoms with E-state index in [0.717, 1.165) is 31.2 Å². The van der Waals surface area contributed by atoms with Crippen molar-refractivity contribution in [1.82, 2.24) is 5.32 Å². The Morgan fingerprint density at radius 1 is 1.00 bits per heavy atom. The summed E-state index contributed by atoms with van der Waals surface area (Å²) in [6.45, 7) is 1.98.